The van der Waals surface area contributed by atoms with Crippen LogP contribution in [-0.4, -0.2) is 4.40 Å². The molecule has 0 unspecified atom stereocenters. The summed E-state index contributed by atoms with van der Waals surface area (Å²) in [6.45, 7) is 4.69. The van der Waals surface area contributed by atoms with E-state index in [4.69, 9.17) is 11.8 Å². The van der Waals surface area contributed by atoms with E-state index in [2.05, 4.69) is 100 Å². The van der Waals surface area contributed by atoms with E-state index in [1.165, 1.54) is 12.1 Å². The van der Waals surface area contributed by atoms with Gasteiger partial charge in [0.25, 0.3) is 5.65 Å². The molecule has 0 amide bonds. The largest absolute Gasteiger partial charge is 0.287 e. The van der Waals surface area contributed by atoms with Gasteiger partial charge in [0.15, 0.2) is 11.1 Å². The van der Waals surface area contributed by atoms with Crippen molar-refractivity contribution < 1.29 is 8.96 Å². The number of rotatable bonds is 8. The minimum atomic E-state index is -2.55. The number of aromatic nitrogens is 2. The summed E-state index contributed by atoms with van der Waals surface area (Å²) in [5.74, 6) is -0.259. The lowest BCUT2D eigenvalue weighted by atomic mass is 10.1. The Morgan fingerprint density at radius 3 is 2.03 bits per heavy atom. The molecule has 194 valence electrons. The van der Waals surface area contributed by atoms with Crippen LogP contribution < -0.4 is 20.6 Å². The van der Waals surface area contributed by atoms with Gasteiger partial charge in [-0.05, 0) is 66.4 Å². The lowest BCUT2D eigenvalue weighted by Crippen LogP contribution is -2.37. The van der Waals surface area contributed by atoms with Crippen molar-refractivity contribution >= 4 is 39.5 Å². The topological polar surface area (TPSA) is 8.29 Å². The zero-order valence-corrected chi connectivity index (χ0v) is 23.8. The second-order valence-corrected chi connectivity index (χ2v) is 13.5. The van der Waals surface area contributed by atoms with Crippen LogP contribution in [0.1, 0.15) is 13.8 Å². The minimum absolute atomic E-state index is 0.259. The SMILES string of the molecule is CC=CC(C=CC[n+]1c(-c2ccc(F)cc2)c(P(=S)(c2ccccc2)c2ccccc2)n2ccccc21)=CC. The Hall–Kier alpha value is -3.85. The first-order valence-electron chi connectivity index (χ1n) is 13.0. The molecule has 0 aliphatic rings. The van der Waals surface area contributed by atoms with E-state index in [-0.39, 0.29) is 5.82 Å². The van der Waals surface area contributed by atoms with Crippen molar-refractivity contribution in [3.63, 3.8) is 0 Å². The number of halogens is 1. The van der Waals surface area contributed by atoms with E-state index in [0.29, 0.717) is 6.54 Å². The second kappa shape index (κ2) is 11.9. The first kappa shape index (κ1) is 26.7. The van der Waals surface area contributed by atoms with Crippen molar-refractivity contribution in [2.24, 2.45) is 0 Å². The van der Waals surface area contributed by atoms with Crippen molar-refractivity contribution in [3.8, 4) is 11.3 Å². The highest BCUT2D eigenvalue weighted by atomic mass is 32.4. The number of benzene rings is 3. The third kappa shape index (κ3) is 5.23. The lowest BCUT2D eigenvalue weighted by Gasteiger charge is -2.21. The van der Waals surface area contributed by atoms with Crippen LogP contribution in [0.25, 0.3) is 16.9 Å². The van der Waals surface area contributed by atoms with Gasteiger partial charge in [-0.2, -0.15) is 4.40 Å². The van der Waals surface area contributed by atoms with Crippen LogP contribution in [0, 0.1) is 5.82 Å². The third-order valence-corrected chi connectivity index (χ3v) is 11.6. The third-order valence-electron chi connectivity index (χ3n) is 6.77. The normalized spacial score (nSPS) is 12.6. The molecule has 39 heavy (non-hydrogen) atoms. The van der Waals surface area contributed by atoms with Crippen LogP contribution in [0.5, 0.6) is 0 Å². The molecule has 0 aliphatic heterocycles. The number of imidazole rings is 1. The highest BCUT2D eigenvalue weighted by molar-refractivity contribution is 8.25. The standard InChI is InChI=1S/C34H31FN2PS/c1-3-14-27(4-2)15-13-26-36-32-20-11-12-25-37(32)34(33(36)28-21-23-29(35)24-22-28)38(39,30-16-7-5-8-17-30)31-18-9-6-10-19-31/h3-25H,26H2,1-2H3/q+1. The molecule has 2 aromatic heterocycles. The van der Waals surface area contributed by atoms with Crippen LogP contribution in [0.2, 0.25) is 0 Å². The van der Waals surface area contributed by atoms with Gasteiger partial charge in [0.1, 0.15) is 12.4 Å². The van der Waals surface area contributed by atoms with Gasteiger partial charge in [0, 0.05) is 11.6 Å². The zero-order valence-electron chi connectivity index (χ0n) is 22.1. The van der Waals surface area contributed by atoms with Gasteiger partial charge in [-0.1, -0.05) is 103 Å². The Bertz CT molecular complexity index is 1670. The molecule has 5 heteroatoms. The number of pyridine rings is 1. The van der Waals surface area contributed by atoms with E-state index in [0.717, 1.165) is 38.5 Å². The maximum atomic E-state index is 14.1. The fraction of sp³-hybridized carbons (Fsp3) is 0.0882. The minimum Gasteiger partial charge on any atom is -0.219 e. The number of allylic oxidation sites excluding steroid dienone is 6. The molecule has 5 rings (SSSR count). The molecule has 0 atom stereocenters. The van der Waals surface area contributed by atoms with Gasteiger partial charge >= 0.3 is 0 Å². The van der Waals surface area contributed by atoms with Crippen LogP contribution in [0.4, 0.5) is 4.39 Å². The summed E-state index contributed by atoms with van der Waals surface area (Å²) in [6, 6.07) is 31.3. The molecule has 0 bridgehead atoms. The molecule has 0 fully saturated rings. The molecule has 5 aromatic rings. The maximum Gasteiger partial charge on any atom is 0.287 e. The van der Waals surface area contributed by atoms with Crippen molar-refractivity contribution in [2.45, 2.75) is 20.4 Å². The lowest BCUT2D eigenvalue weighted by molar-refractivity contribution is -0.649. The Morgan fingerprint density at radius 2 is 1.44 bits per heavy atom. The first-order chi connectivity index (χ1) is 19.1. The summed E-state index contributed by atoms with van der Waals surface area (Å²) in [5.41, 5.74) is 5.18. The molecule has 3 aromatic carbocycles. The monoisotopic (exact) mass is 549 g/mol. The fourth-order valence-electron chi connectivity index (χ4n) is 4.97. The Morgan fingerprint density at radius 1 is 0.821 bits per heavy atom. The van der Waals surface area contributed by atoms with Crippen molar-refractivity contribution in [2.75, 3.05) is 0 Å². The quantitative estimate of drug-likeness (QED) is 0.117. The number of hydrogen-bond donors (Lipinski definition) is 0. The Balaban J connectivity index is 1.87. The van der Waals surface area contributed by atoms with E-state index >= 15 is 0 Å². The summed E-state index contributed by atoms with van der Waals surface area (Å²) < 4.78 is 18.7. The summed E-state index contributed by atoms with van der Waals surface area (Å²) in [6.07, 6.45) is 12.6. The van der Waals surface area contributed by atoms with E-state index in [1.807, 2.05) is 50.3 Å². The van der Waals surface area contributed by atoms with Crippen LogP contribution in [-0.2, 0) is 18.4 Å². The number of nitrogens with zero attached hydrogens (tertiary/aromatic N) is 2. The van der Waals surface area contributed by atoms with Crippen molar-refractivity contribution in [1.82, 2.24) is 4.40 Å². The molecule has 0 saturated carbocycles. The first-order valence-corrected chi connectivity index (χ1v) is 15.8. The van der Waals surface area contributed by atoms with E-state index in [1.54, 1.807) is 0 Å². The molecular formula is C34H31FN2PS+. The van der Waals surface area contributed by atoms with Crippen LogP contribution in [0.15, 0.2) is 145 Å². The number of fused-ring (bicyclic) bond motifs is 1. The molecule has 0 radical (unpaired) electrons. The predicted octanol–water partition coefficient (Wildman–Crippen LogP) is 6.87. The van der Waals surface area contributed by atoms with Crippen LogP contribution >= 0.6 is 6.04 Å². The highest BCUT2D eigenvalue weighted by Crippen LogP contribution is 2.45. The zero-order chi connectivity index (χ0) is 27.2. The summed E-state index contributed by atoms with van der Waals surface area (Å²) in [4.78, 5) is 0. The van der Waals surface area contributed by atoms with Gasteiger partial charge in [-0.3, -0.25) is 0 Å². The molecule has 0 N–H and O–H groups in total. The molecule has 0 saturated heterocycles. The summed E-state index contributed by atoms with van der Waals surface area (Å²) >= 11 is 6.83. The van der Waals surface area contributed by atoms with Gasteiger partial charge in [-0.15, -0.1) is 0 Å². The van der Waals surface area contributed by atoms with Crippen LogP contribution in [0.3, 0.4) is 0 Å². The summed E-state index contributed by atoms with van der Waals surface area (Å²) in [7, 11) is 0. The predicted molar refractivity (Wildman–Crippen MR) is 167 cm³/mol. The fourth-order valence-corrected chi connectivity index (χ4v) is 9.21. The molecular weight excluding hydrogens is 518 g/mol. The van der Waals surface area contributed by atoms with Gasteiger partial charge in [-0.25, -0.2) is 8.96 Å². The van der Waals surface area contributed by atoms with E-state index in [9.17, 15) is 4.39 Å². The maximum absolute atomic E-state index is 14.1. The Kier molecular flexibility index (Phi) is 8.16. The van der Waals surface area contributed by atoms with E-state index < -0.39 is 6.04 Å². The average Bonchev–Trinajstić information content (AvgIpc) is 3.32. The Labute approximate surface area is 235 Å². The highest BCUT2D eigenvalue weighted by Gasteiger charge is 2.38. The smallest absolute Gasteiger partial charge is 0.219 e. The number of hydrogen-bond acceptors (Lipinski definition) is 1. The van der Waals surface area contributed by atoms with Crippen molar-refractivity contribution in [1.29, 1.82) is 0 Å². The molecule has 2 nitrogen and oxygen atoms in total. The molecule has 2 heterocycles. The average molecular weight is 550 g/mol. The van der Waals surface area contributed by atoms with Crippen molar-refractivity contribution in [3.05, 3.63) is 151 Å². The summed E-state index contributed by atoms with van der Waals surface area (Å²) in [5, 5.41) is 2.23. The van der Waals surface area contributed by atoms with Gasteiger partial charge in [0.2, 0.25) is 0 Å². The van der Waals surface area contributed by atoms with Gasteiger partial charge in [0.05, 0.1) is 12.2 Å². The molecule has 0 aliphatic carbocycles. The van der Waals surface area contributed by atoms with Gasteiger partial charge < -0.3 is 0 Å². The molecule has 0 spiro atoms. The second-order valence-electron chi connectivity index (χ2n) is 9.19.